The third-order valence-electron chi connectivity index (χ3n) is 1.89. The molecule has 3 heteroatoms. The molecule has 0 unspecified atom stereocenters. The molecule has 0 saturated carbocycles. The van der Waals surface area contributed by atoms with Crippen LogP contribution >= 0.6 is 0 Å². The molecule has 0 spiro atoms. The minimum atomic E-state index is 0.161. The van der Waals surface area contributed by atoms with Crippen LogP contribution in [0, 0.1) is 5.92 Å². The van der Waals surface area contributed by atoms with Crippen molar-refractivity contribution in [1.82, 2.24) is 5.32 Å². The Labute approximate surface area is 81.1 Å². The fourth-order valence-electron chi connectivity index (χ4n) is 1.09. The second-order valence-corrected chi connectivity index (χ2v) is 3.78. The van der Waals surface area contributed by atoms with Crippen LogP contribution < -0.4 is 11.1 Å². The van der Waals surface area contributed by atoms with Gasteiger partial charge in [0.1, 0.15) is 0 Å². The summed E-state index contributed by atoms with van der Waals surface area (Å²) in [6.07, 6.45) is 3.65. The highest BCUT2D eigenvalue weighted by Gasteiger charge is 2.00. The summed E-state index contributed by atoms with van der Waals surface area (Å²) in [6, 6.07) is 0. The molecule has 1 amide bonds. The topological polar surface area (TPSA) is 55.1 Å². The summed E-state index contributed by atoms with van der Waals surface area (Å²) >= 11 is 0. The van der Waals surface area contributed by atoms with E-state index >= 15 is 0 Å². The molecule has 0 aliphatic heterocycles. The second kappa shape index (κ2) is 8.05. The van der Waals surface area contributed by atoms with E-state index in [0.717, 1.165) is 25.8 Å². The van der Waals surface area contributed by atoms with Gasteiger partial charge in [0.2, 0.25) is 5.91 Å². The van der Waals surface area contributed by atoms with Crippen molar-refractivity contribution in [3.63, 3.8) is 0 Å². The molecule has 0 bridgehead atoms. The summed E-state index contributed by atoms with van der Waals surface area (Å²) in [5.41, 5.74) is 5.30. The maximum atomic E-state index is 11.1. The van der Waals surface area contributed by atoms with Gasteiger partial charge in [0.15, 0.2) is 0 Å². The monoisotopic (exact) mass is 186 g/mol. The smallest absolute Gasteiger partial charge is 0.219 e. The van der Waals surface area contributed by atoms with Crippen molar-refractivity contribution in [3.8, 4) is 0 Å². The summed E-state index contributed by atoms with van der Waals surface area (Å²) < 4.78 is 0. The van der Waals surface area contributed by atoms with Crippen LogP contribution in [0.25, 0.3) is 0 Å². The molecule has 3 N–H and O–H groups in total. The minimum absolute atomic E-state index is 0.161. The van der Waals surface area contributed by atoms with Crippen LogP contribution in [-0.4, -0.2) is 19.0 Å². The zero-order chi connectivity index (χ0) is 10.1. The van der Waals surface area contributed by atoms with Gasteiger partial charge in [0.25, 0.3) is 0 Å². The Morgan fingerprint density at radius 1 is 1.38 bits per heavy atom. The maximum Gasteiger partial charge on any atom is 0.219 e. The van der Waals surface area contributed by atoms with Crippen molar-refractivity contribution in [3.05, 3.63) is 0 Å². The molecular weight excluding hydrogens is 164 g/mol. The van der Waals surface area contributed by atoms with E-state index in [4.69, 9.17) is 5.73 Å². The number of nitrogens with one attached hydrogen (secondary N) is 1. The first-order chi connectivity index (χ1) is 6.16. The summed E-state index contributed by atoms with van der Waals surface area (Å²) in [7, 11) is 0. The summed E-state index contributed by atoms with van der Waals surface area (Å²) in [5, 5.41) is 2.84. The van der Waals surface area contributed by atoms with E-state index in [9.17, 15) is 4.79 Å². The van der Waals surface area contributed by atoms with Crippen molar-refractivity contribution in [1.29, 1.82) is 0 Å². The van der Waals surface area contributed by atoms with E-state index in [1.807, 2.05) is 0 Å². The van der Waals surface area contributed by atoms with Crippen LogP contribution in [0.2, 0.25) is 0 Å². The standard InChI is InChI=1S/C10H22N2O/c1-9(2)5-3-6-10(13)12-8-4-7-11/h9H,3-8,11H2,1-2H3,(H,12,13). The summed E-state index contributed by atoms with van der Waals surface area (Å²) in [4.78, 5) is 11.1. The molecule has 0 radical (unpaired) electrons. The molecule has 0 heterocycles. The molecule has 78 valence electrons. The third kappa shape index (κ3) is 9.34. The first kappa shape index (κ1) is 12.4. The van der Waals surface area contributed by atoms with E-state index in [-0.39, 0.29) is 5.91 Å². The van der Waals surface area contributed by atoms with Gasteiger partial charge in [-0.05, 0) is 25.3 Å². The molecule has 0 aromatic carbocycles. The van der Waals surface area contributed by atoms with Crippen molar-refractivity contribution in [2.24, 2.45) is 11.7 Å². The van der Waals surface area contributed by atoms with Gasteiger partial charge in [-0.1, -0.05) is 20.3 Å². The molecule has 0 aromatic rings. The fourth-order valence-corrected chi connectivity index (χ4v) is 1.09. The van der Waals surface area contributed by atoms with Gasteiger partial charge in [-0.2, -0.15) is 0 Å². The van der Waals surface area contributed by atoms with E-state index in [2.05, 4.69) is 19.2 Å². The Kier molecular flexibility index (Phi) is 7.69. The average molecular weight is 186 g/mol. The zero-order valence-corrected chi connectivity index (χ0v) is 8.81. The molecule has 0 atom stereocenters. The van der Waals surface area contributed by atoms with Gasteiger partial charge in [-0.25, -0.2) is 0 Å². The van der Waals surface area contributed by atoms with Gasteiger partial charge < -0.3 is 11.1 Å². The number of nitrogens with two attached hydrogens (primary N) is 1. The number of hydrogen-bond acceptors (Lipinski definition) is 2. The van der Waals surface area contributed by atoms with Gasteiger partial charge in [-0.15, -0.1) is 0 Å². The fraction of sp³-hybridized carbons (Fsp3) is 0.900. The van der Waals surface area contributed by atoms with Crippen molar-refractivity contribution >= 4 is 5.91 Å². The lowest BCUT2D eigenvalue weighted by atomic mass is 10.1. The van der Waals surface area contributed by atoms with Crippen molar-refractivity contribution < 1.29 is 4.79 Å². The Morgan fingerprint density at radius 3 is 2.62 bits per heavy atom. The number of carbonyl (C=O) groups excluding carboxylic acids is 1. The summed E-state index contributed by atoms with van der Waals surface area (Å²) in [5.74, 6) is 0.853. The van der Waals surface area contributed by atoms with Gasteiger partial charge in [0, 0.05) is 13.0 Å². The van der Waals surface area contributed by atoms with Crippen LogP contribution in [-0.2, 0) is 4.79 Å². The van der Waals surface area contributed by atoms with Gasteiger partial charge >= 0.3 is 0 Å². The van der Waals surface area contributed by atoms with Crippen molar-refractivity contribution in [2.45, 2.75) is 39.5 Å². The van der Waals surface area contributed by atoms with Crippen LogP contribution in [0.5, 0.6) is 0 Å². The molecule has 0 aliphatic rings. The van der Waals surface area contributed by atoms with Crippen LogP contribution in [0.4, 0.5) is 0 Å². The molecular formula is C10H22N2O. The highest BCUT2D eigenvalue weighted by molar-refractivity contribution is 5.75. The van der Waals surface area contributed by atoms with E-state index in [0.29, 0.717) is 18.9 Å². The number of hydrogen-bond donors (Lipinski definition) is 2. The van der Waals surface area contributed by atoms with Crippen LogP contribution in [0.15, 0.2) is 0 Å². The Morgan fingerprint density at radius 2 is 2.08 bits per heavy atom. The minimum Gasteiger partial charge on any atom is -0.356 e. The number of carbonyl (C=O) groups is 1. The molecule has 0 fully saturated rings. The SMILES string of the molecule is CC(C)CCCC(=O)NCCCN. The van der Waals surface area contributed by atoms with Crippen molar-refractivity contribution in [2.75, 3.05) is 13.1 Å². The number of rotatable bonds is 7. The molecule has 0 saturated heterocycles. The maximum absolute atomic E-state index is 11.1. The van der Waals surface area contributed by atoms with Crippen LogP contribution in [0.3, 0.4) is 0 Å². The predicted octanol–water partition coefficient (Wildman–Crippen LogP) is 1.28. The molecule has 13 heavy (non-hydrogen) atoms. The number of amides is 1. The molecule has 0 aliphatic carbocycles. The predicted molar refractivity (Wildman–Crippen MR) is 55.4 cm³/mol. The first-order valence-electron chi connectivity index (χ1n) is 5.13. The van der Waals surface area contributed by atoms with E-state index in [1.165, 1.54) is 0 Å². The lowest BCUT2D eigenvalue weighted by Gasteiger charge is -2.05. The lowest BCUT2D eigenvalue weighted by Crippen LogP contribution is -2.25. The Bertz CT molecular complexity index is 135. The molecule has 0 rings (SSSR count). The van der Waals surface area contributed by atoms with E-state index in [1.54, 1.807) is 0 Å². The lowest BCUT2D eigenvalue weighted by molar-refractivity contribution is -0.121. The highest BCUT2D eigenvalue weighted by Crippen LogP contribution is 2.05. The van der Waals surface area contributed by atoms with Crippen LogP contribution in [0.1, 0.15) is 39.5 Å². The second-order valence-electron chi connectivity index (χ2n) is 3.78. The highest BCUT2D eigenvalue weighted by atomic mass is 16.1. The van der Waals surface area contributed by atoms with Gasteiger partial charge in [-0.3, -0.25) is 4.79 Å². The molecule has 0 aromatic heterocycles. The molecule has 3 nitrogen and oxygen atoms in total. The third-order valence-corrected chi connectivity index (χ3v) is 1.89. The first-order valence-corrected chi connectivity index (χ1v) is 5.13. The quantitative estimate of drug-likeness (QED) is 0.588. The van der Waals surface area contributed by atoms with E-state index < -0.39 is 0 Å². The normalized spacial score (nSPS) is 10.5. The Hall–Kier alpha value is -0.570. The zero-order valence-electron chi connectivity index (χ0n) is 8.81. The Balaban J connectivity index is 3.20. The summed E-state index contributed by atoms with van der Waals surface area (Å²) in [6.45, 7) is 5.71. The average Bonchev–Trinajstić information content (AvgIpc) is 2.04. The van der Waals surface area contributed by atoms with Gasteiger partial charge in [0.05, 0.1) is 0 Å². The largest absolute Gasteiger partial charge is 0.356 e.